The van der Waals surface area contributed by atoms with E-state index in [9.17, 15) is 0 Å². The van der Waals surface area contributed by atoms with Crippen LogP contribution < -0.4 is 5.73 Å². The number of hydrogen-bond donors (Lipinski definition) is 1. The Balaban J connectivity index is 2.62. The van der Waals surface area contributed by atoms with Crippen LogP contribution in [-0.4, -0.2) is 24.6 Å². The van der Waals surface area contributed by atoms with Crippen molar-refractivity contribution in [2.24, 2.45) is 10.7 Å². The first-order valence-corrected chi connectivity index (χ1v) is 4.63. The first-order chi connectivity index (χ1) is 5.69. The van der Waals surface area contributed by atoms with Gasteiger partial charge in [-0.25, -0.2) is 0 Å². The van der Waals surface area contributed by atoms with Crippen LogP contribution in [0, 0.1) is 0 Å². The van der Waals surface area contributed by atoms with Gasteiger partial charge in [0.05, 0.1) is 0 Å². The van der Waals surface area contributed by atoms with E-state index in [0.29, 0.717) is 5.84 Å². The minimum Gasteiger partial charge on any atom is -0.385 e. The fourth-order valence-corrected chi connectivity index (χ4v) is 1.47. The number of nitrogens with two attached hydrogens (primary N) is 1. The molecule has 0 bridgehead atoms. The van der Waals surface area contributed by atoms with Crippen LogP contribution in [0.4, 0.5) is 0 Å². The Hall–Kier alpha value is -0.570. The summed E-state index contributed by atoms with van der Waals surface area (Å²) in [4.78, 5) is 4.19. The predicted octanol–water partition coefficient (Wildman–Crippen LogP) is 1.32. The molecule has 1 heterocycles. The molecule has 0 radical (unpaired) electrons. The molecule has 0 aliphatic carbocycles. The third kappa shape index (κ3) is 1.97. The van der Waals surface area contributed by atoms with E-state index in [-0.39, 0.29) is 5.60 Å². The Morgan fingerprint density at radius 1 is 1.58 bits per heavy atom. The van der Waals surface area contributed by atoms with Crippen molar-refractivity contribution < 1.29 is 4.74 Å². The van der Waals surface area contributed by atoms with Crippen molar-refractivity contribution in [2.75, 3.05) is 13.2 Å². The Kier molecular flexibility index (Phi) is 3.09. The van der Waals surface area contributed by atoms with Crippen molar-refractivity contribution in [3.63, 3.8) is 0 Å². The highest BCUT2D eigenvalue weighted by Crippen LogP contribution is 2.24. The van der Waals surface area contributed by atoms with Gasteiger partial charge in [0.15, 0.2) is 0 Å². The van der Waals surface area contributed by atoms with Crippen LogP contribution in [0.3, 0.4) is 0 Å². The van der Waals surface area contributed by atoms with Crippen LogP contribution in [0.5, 0.6) is 0 Å². The van der Waals surface area contributed by atoms with Crippen LogP contribution in [0.2, 0.25) is 0 Å². The smallest absolute Gasteiger partial charge is 0.126 e. The topological polar surface area (TPSA) is 47.6 Å². The van der Waals surface area contributed by atoms with Gasteiger partial charge in [-0.05, 0) is 33.1 Å². The Morgan fingerprint density at radius 2 is 2.33 bits per heavy atom. The number of ether oxygens (including phenoxy) is 1. The Labute approximate surface area is 74.0 Å². The predicted molar refractivity (Wildman–Crippen MR) is 50.4 cm³/mol. The van der Waals surface area contributed by atoms with Crippen molar-refractivity contribution in [3.05, 3.63) is 0 Å². The molecular formula is C9H18N2O. The maximum atomic E-state index is 5.82. The largest absolute Gasteiger partial charge is 0.385 e. The fourth-order valence-electron chi connectivity index (χ4n) is 1.47. The standard InChI is InChI=1S/C9H18N2O/c1-3-11-8(10)9(2)6-4-5-7-12-9/h3-7H2,1-2H3,(H2,10,11). The molecule has 3 heteroatoms. The number of rotatable bonds is 2. The molecule has 1 aliphatic heterocycles. The lowest BCUT2D eigenvalue weighted by atomic mass is 9.95. The van der Waals surface area contributed by atoms with Gasteiger partial charge in [0, 0.05) is 13.2 Å². The van der Waals surface area contributed by atoms with E-state index in [1.165, 1.54) is 6.42 Å². The van der Waals surface area contributed by atoms with Crippen LogP contribution in [0.25, 0.3) is 0 Å². The molecule has 0 amide bonds. The molecular weight excluding hydrogens is 152 g/mol. The van der Waals surface area contributed by atoms with Crippen LogP contribution in [0.1, 0.15) is 33.1 Å². The van der Waals surface area contributed by atoms with Gasteiger partial charge in [-0.3, -0.25) is 4.99 Å². The summed E-state index contributed by atoms with van der Waals surface area (Å²) < 4.78 is 5.62. The van der Waals surface area contributed by atoms with E-state index in [0.717, 1.165) is 26.0 Å². The van der Waals surface area contributed by atoms with Gasteiger partial charge in [-0.15, -0.1) is 0 Å². The molecule has 1 saturated heterocycles. The fraction of sp³-hybridized carbons (Fsp3) is 0.889. The van der Waals surface area contributed by atoms with E-state index in [1.54, 1.807) is 0 Å². The normalized spacial score (nSPS) is 32.0. The number of nitrogens with zero attached hydrogens (tertiary/aromatic N) is 1. The van der Waals surface area contributed by atoms with E-state index in [2.05, 4.69) is 4.99 Å². The summed E-state index contributed by atoms with van der Waals surface area (Å²) in [5, 5.41) is 0. The lowest BCUT2D eigenvalue weighted by Gasteiger charge is -2.33. The molecule has 1 rings (SSSR count). The third-order valence-corrected chi connectivity index (χ3v) is 2.34. The average molecular weight is 170 g/mol. The maximum absolute atomic E-state index is 5.82. The van der Waals surface area contributed by atoms with Crippen LogP contribution >= 0.6 is 0 Å². The maximum Gasteiger partial charge on any atom is 0.126 e. The van der Waals surface area contributed by atoms with Crippen molar-refractivity contribution in [1.29, 1.82) is 0 Å². The lowest BCUT2D eigenvalue weighted by molar-refractivity contribution is -0.0160. The van der Waals surface area contributed by atoms with Crippen molar-refractivity contribution in [1.82, 2.24) is 0 Å². The highest BCUT2D eigenvalue weighted by molar-refractivity contribution is 5.88. The van der Waals surface area contributed by atoms with E-state index < -0.39 is 0 Å². The molecule has 0 spiro atoms. The monoisotopic (exact) mass is 170 g/mol. The lowest BCUT2D eigenvalue weighted by Crippen LogP contribution is -2.46. The molecule has 1 aliphatic rings. The zero-order valence-electron chi connectivity index (χ0n) is 7.97. The van der Waals surface area contributed by atoms with Crippen molar-refractivity contribution >= 4 is 5.84 Å². The SMILES string of the molecule is CCN=C(N)C1(C)CCCCO1. The average Bonchev–Trinajstić information content (AvgIpc) is 2.06. The summed E-state index contributed by atoms with van der Waals surface area (Å²) in [5.74, 6) is 0.657. The zero-order chi connectivity index (χ0) is 9.03. The molecule has 0 saturated carbocycles. The summed E-state index contributed by atoms with van der Waals surface area (Å²) in [6.45, 7) is 5.57. The molecule has 2 N–H and O–H groups in total. The molecule has 1 unspecified atom stereocenters. The molecule has 3 nitrogen and oxygen atoms in total. The molecule has 12 heavy (non-hydrogen) atoms. The quantitative estimate of drug-likeness (QED) is 0.502. The van der Waals surface area contributed by atoms with Crippen LogP contribution in [-0.2, 0) is 4.74 Å². The van der Waals surface area contributed by atoms with E-state index >= 15 is 0 Å². The molecule has 0 aromatic carbocycles. The molecule has 1 atom stereocenters. The number of aliphatic imine (C=N–C) groups is 1. The highest BCUT2D eigenvalue weighted by atomic mass is 16.5. The number of hydrogen-bond acceptors (Lipinski definition) is 2. The summed E-state index contributed by atoms with van der Waals surface area (Å²) in [6, 6.07) is 0. The second-order valence-electron chi connectivity index (χ2n) is 3.40. The van der Waals surface area contributed by atoms with Gasteiger partial charge in [0.1, 0.15) is 11.4 Å². The van der Waals surface area contributed by atoms with Gasteiger partial charge in [-0.2, -0.15) is 0 Å². The van der Waals surface area contributed by atoms with Gasteiger partial charge < -0.3 is 10.5 Å². The first-order valence-electron chi connectivity index (χ1n) is 4.63. The number of amidine groups is 1. The van der Waals surface area contributed by atoms with Gasteiger partial charge in [0.2, 0.25) is 0 Å². The summed E-state index contributed by atoms with van der Waals surface area (Å²) in [7, 11) is 0. The zero-order valence-corrected chi connectivity index (χ0v) is 7.97. The molecule has 0 aromatic rings. The molecule has 0 aromatic heterocycles. The molecule has 1 fully saturated rings. The van der Waals surface area contributed by atoms with E-state index in [4.69, 9.17) is 10.5 Å². The third-order valence-electron chi connectivity index (χ3n) is 2.34. The second kappa shape index (κ2) is 3.90. The van der Waals surface area contributed by atoms with Gasteiger partial charge >= 0.3 is 0 Å². The minimum absolute atomic E-state index is 0.283. The molecule has 70 valence electrons. The second-order valence-corrected chi connectivity index (χ2v) is 3.40. The first kappa shape index (κ1) is 9.52. The van der Waals surface area contributed by atoms with Crippen molar-refractivity contribution in [3.8, 4) is 0 Å². The van der Waals surface area contributed by atoms with Crippen LogP contribution in [0.15, 0.2) is 4.99 Å². The Bertz CT molecular complexity index is 171. The van der Waals surface area contributed by atoms with E-state index in [1.807, 2.05) is 13.8 Å². The summed E-state index contributed by atoms with van der Waals surface area (Å²) >= 11 is 0. The van der Waals surface area contributed by atoms with Gasteiger partial charge in [-0.1, -0.05) is 0 Å². The Morgan fingerprint density at radius 3 is 2.83 bits per heavy atom. The summed E-state index contributed by atoms with van der Waals surface area (Å²) in [5.41, 5.74) is 5.53. The van der Waals surface area contributed by atoms with Gasteiger partial charge in [0.25, 0.3) is 0 Å². The van der Waals surface area contributed by atoms with Crippen molar-refractivity contribution in [2.45, 2.75) is 38.7 Å². The highest BCUT2D eigenvalue weighted by Gasteiger charge is 2.31. The summed E-state index contributed by atoms with van der Waals surface area (Å²) in [6.07, 6.45) is 3.34. The minimum atomic E-state index is -0.283.